The van der Waals surface area contributed by atoms with Gasteiger partial charge in [-0.15, -0.1) is 0 Å². The number of carbonyl (C=O) groups is 1. The van der Waals surface area contributed by atoms with E-state index in [1.54, 1.807) is 19.2 Å². The van der Waals surface area contributed by atoms with Crippen molar-refractivity contribution < 1.29 is 13.9 Å². The zero-order valence-electron chi connectivity index (χ0n) is 18.3. The summed E-state index contributed by atoms with van der Waals surface area (Å²) in [5.74, 6) is 0.287. The number of anilines is 2. The normalized spacial score (nSPS) is 10.5. The predicted molar refractivity (Wildman–Crippen MR) is 128 cm³/mol. The lowest BCUT2D eigenvalue weighted by atomic mass is 10.1. The SMILES string of the molecule is COc1ccc(-c2cc(-c3ccc(C)cc3)nc(NC(=O)CNc3ccc(F)cc3)n2)cc1. The molecule has 0 aliphatic heterocycles. The van der Waals surface area contributed by atoms with Crippen LogP contribution in [0.15, 0.2) is 78.9 Å². The average Bonchev–Trinajstić information content (AvgIpc) is 2.84. The molecule has 3 aromatic carbocycles. The van der Waals surface area contributed by atoms with Crippen molar-refractivity contribution in [1.29, 1.82) is 0 Å². The van der Waals surface area contributed by atoms with Crippen molar-refractivity contribution >= 4 is 17.5 Å². The second-order valence-corrected chi connectivity index (χ2v) is 7.47. The van der Waals surface area contributed by atoms with E-state index in [-0.39, 0.29) is 24.2 Å². The lowest BCUT2D eigenvalue weighted by Crippen LogP contribution is -2.23. The summed E-state index contributed by atoms with van der Waals surface area (Å²) >= 11 is 0. The Morgan fingerprint density at radius 1 is 0.879 bits per heavy atom. The Kier molecular flexibility index (Phi) is 6.59. The highest BCUT2D eigenvalue weighted by atomic mass is 19.1. The number of amides is 1. The minimum Gasteiger partial charge on any atom is -0.497 e. The van der Waals surface area contributed by atoms with E-state index >= 15 is 0 Å². The standard InChI is InChI=1S/C26H23FN4O2/c1-17-3-5-18(6-4-17)23-15-24(19-7-13-22(33-2)14-8-19)30-26(29-23)31-25(32)16-28-21-11-9-20(27)10-12-21/h3-15,28H,16H2,1-2H3,(H,29,30,31,32). The maximum absolute atomic E-state index is 13.1. The van der Waals surface area contributed by atoms with Crippen molar-refractivity contribution in [1.82, 2.24) is 9.97 Å². The average molecular weight is 442 g/mol. The van der Waals surface area contributed by atoms with Crippen LogP contribution < -0.4 is 15.4 Å². The zero-order chi connectivity index (χ0) is 23.2. The maximum atomic E-state index is 13.1. The van der Waals surface area contributed by atoms with E-state index in [0.29, 0.717) is 17.1 Å². The van der Waals surface area contributed by atoms with Crippen molar-refractivity contribution in [3.63, 3.8) is 0 Å². The van der Waals surface area contributed by atoms with Crippen molar-refractivity contribution in [2.24, 2.45) is 0 Å². The Morgan fingerprint density at radius 3 is 2.03 bits per heavy atom. The lowest BCUT2D eigenvalue weighted by molar-refractivity contribution is -0.114. The van der Waals surface area contributed by atoms with Crippen LogP contribution in [0, 0.1) is 12.7 Å². The number of nitrogens with one attached hydrogen (secondary N) is 2. The van der Waals surface area contributed by atoms with E-state index in [4.69, 9.17) is 4.74 Å². The minimum atomic E-state index is -0.336. The third-order valence-corrected chi connectivity index (χ3v) is 5.01. The lowest BCUT2D eigenvalue weighted by Gasteiger charge is -2.11. The van der Waals surface area contributed by atoms with E-state index in [0.717, 1.165) is 22.4 Å². The van der Waals surface area contributed by atoms with Gasteiger partial charge in [0.15, 0.2) is 0 Å². The van der Waals surface area contributed by atoms with Crippen LogP contribution in [0.3, 0.4) is 0 Å². The molecule has 4 aromatic rings. The Labute approximate surface area is 191 Å². The molecule has 0 saturated carbocycles. The number of halogens is 1. The number of aryl methyl sites for hydroxylation is 1. The number of methoxy groups -OCH3 is 1. The van der Waals surface area contributed by atoms with Crippen LogP contribution in [0.1, 0.15) is 5.56 Å². The Bertz CT molecular complexity index is 1240. The van der Waals surface area contributed by atoms with Gasteiger partial charge in [-0.2, -0.15) is 0 Å². The van der Waals surface area contributed by atoms with E-state index in [9.17, 15) is 9.18 Å². The molecule has 4 rings (SSSR count). The number of aromatic nitrogens is 2. The first-order chi connectivity index (χ1) is 16.0. The monoisotopic (exact) mass is 442 g/mol. The largest absolute Gasteiger partial charge is 0.497 e. The van der Waals surface area contributed by atoms with Gasteiger partial charge in [0.05, 0.1) is 25.0 Å². The summed E-state index contributed by atoms with van der Waals surface area (Å²) in [4.78, 5) is 21.6. The summed E-state index contributed by atoms with van der Waals surface area (Å²) in [6, 6.07) is 23.2. The third-order valence-electron chi connectivity index (χ3n) is 5.01. The van der Waals surface area contributed by atoms with Crippen molar-refractivity contribution in [3.8, 4) is 28.3 Å². The fourth-order valence-electron chi connectivity index (χ4n) is 3.20. The topological polar surface area (TPSA) is 76.1 Å². The molecule has 33 heavy (non-hydrogen) atoms. The second kappa shape index (κ2) is 9.91. The molecule has 0 aliphatic rings. The van der Waals surface area contributed by atoms with Gasteiger partial charge < -0.3 is 10.1 Å². The highest BCUT2D eigenvalue weighted by Crippen LogP contribution is 2.27. The smallest absolute Gasteiger partial charge is 0.246 e. The number of benzene rings is 3. The van der Waals surface area contributed by atoms with E-state index in [1.165, 1.54) is 12.1 Å². The van der Waals surface area contributed by atoms with E-state index < -0.39 is 0 Å². The fraction of sp³-hybridized carbons (Fsp3) is 0.115. The summed E-state index contributed by atoms with van der Waals surface area (Å²) in [6.07, 6.45) is 0. The molecule has 0 unspecified atom stereocenters. The van der Waals surface area contributed by atoms with Crippen molar-refractivity contribution in [2.75, 3.05) is 24.3 Å². The molecule has 0 radical (unpaired) electrons. The summed E-state index contributed by atoms with van der Waals surface area (Å²) in [6.45, 7) is 2.01. The number of hydrogen-bond acceptors (Lipinski definition) is 5. The predicted octanol–water partition coefficient (Wildman–Crippen LogP) is 5.32. The Hall–Kier alpha value is -4.26. The van der Waals surface area contributed by atoms with Crippen LogP contribution in [0.2, 0.25) is 0 Å². The molecule has 1 heterocycles. The van der Waals surface area contributed by atoms with Gasteiger partial charge in [0, 0.05) is 16.8 Å². The fourth-order valence-corrected chi connectivity index (χ4v) is 3.20. The maximum Gasteiger partial charge on any atom is 0.246 e. The number of rotatable bonds is 7. The quantitative estimate of drug-likeness (QED) is 0.405. The highest BCUT2D eigenvalue weighted by Gasteiger charge is 2.12. The molecule has 0 saturated heterocycles. The number of ether oxygens (including phenoxy) is 1. The molecule has 0 aliphatic carbocycles. The van der Waals surface area contributed by atoms with Gasteiger partial charge in [-0.25, -0.2) is 14.4 Å². The summed E-state index contributed by atoms with van der Waals surface area (Å²) in [7, 11) is 1.61. The van der Waals surface area contributed by atoms with Crippen molar-refractivity contribution in [2.45, 2.75) is 6.92 Å². The summed E-state index contributed by atoms with van der Waals surface area (Å²) < 4.78 is 18.3. The molecule has 6 nitrogen and oxygen atoms in total. The van der Waals surface area contributed by atoms with Gasteiger partial charge in [0.25, 0.3) is 0 Å². The van der Waals surface area contributed by atoms with Crippen LogP contribution in [-0.4, -0.2) is 29.5 Å². The number of hydrogen-bond donors (Lipinski definition) is 2. The van der Waals surface area contributed by atoms with Crippen LogP contribution in [0.5, 0.6) is 5.75 Å². The molecule has 1 aromatic heterocycles. The van der Waals surface area contributed by atoms with Crippen LogP contribution >= 0.6 is 0 Å². The first-order valence-electron chi connectivity index (χ1n) is 10.4. The van der Waals surface area contributed by atoms with Crippen molar-refractivity contribution in [3.05, 3.63) is 90.2 Å². The second-order valence-electron chi connectivity index (χ2n) is 7.47. The molecule has 0 bridgehead atoms. The Morgan fingerprint density at radius 2 is 1.45 bits per heavy atom. The van der Waals surface area contributed by atoms with Gasteiger partial charge in [-0.1, -0.05) is 29.8 Å². The first-order valence-corrected chi connectivity index (χ1v) is 10.4. The van der Waals surface area contributed by atoms with Gasteiger partial charge >= 0.3 is 0 Å². The van der Waals surface area contributed by atoms with Gasteiger partial charge in [-0.3, -0.25) is 10.1 Å². The zero-order valence-corrected chi connectivity index (χ0v) is 18.3. The van der Waals surface area contributed by atoms with Crippen LogP contribution in [0.25, 0.3) is 22.5 Å². The Balaban J connectivity index is 1.59. The molecular formula is C26H23FN4O2. The minimum absolute atomic E-state index is 0.0123. The van der Waals surface area contributed by atoms with E-state index in [2.05, 4.69) is 20.6 Å². The molecule has 7 heteroatoms. The molecular weight excluding hydrogens is 419 g/mol. The molecule has 0 atom stereocenters. The molecule has 166 valence electrons. The molecule has 0 fully saturated rings. The van der Waals surface area contributed by atoms with Crippen LogP contribution in [-0.2, 0) is 4.79 Å². The van der Waals surface area contributed by atoms with E-state index in [1.807, 2.05) is 61.5 Å². The summed E-state index contributed by atoms with van der Waals surface area (Å²) in [5.41, 5.74) is 4.93. The third kappa shape index (κ3) is 5.71. The van der Waals surface area contributed by atoms with Gasteiger partial charge in [0.2, 0.25) is 11.9 Å². The van der Waals surface area contributed by atoms with Crippen LogP contribution in [0.4, 0.5) is 16.0 Å². The number of carbonyl (C=O) groups excluding carboxylic acids is 1. The van der Waals surface area contributed by atoms with Gasteiger partial charge in [-0.05, 0) is 61.5 Å². The number of nitrogens with zero attached hydrogens (tertiary/aromatic N) is 2. The molecule has 1 amide bonds. The highest BCUT2D eigenvalue weighted by molar-refractivity contribution is 5.92. The van der Waals surface area contributed by atoms with Gasteiger partial charge in [0.1, 0.15) is 11.6 Å². The summed E-state index contributed by atoms with van der Waals surface area (Å²) in [5, 5.41) is 5.71. The molecule has 2 N–H and O–H groups in total. The molecule has 0 spiro atoms. The first kappa shape index (κ1) is 22.0.